The monoisotopic (exact) mass is 189 g/mol. The van der Waals surface area contributed by atoms with Crippen LogP contribution in [-0.2, 0) is 0 Å². The molecule has 1 N–H and O–H groups in total. The van der Waals surface area contributed by atoms with E-state index < -0.39 is 0 Å². The molecule has 1 nitrogen and oxygen atoms in total. The lowest BCUT2D eigenvalue weighted by Crippen LogP contribution is -2.54. The summed E-state index contributed by atoms with van der Waals surface area (Å²) in [7, 11) is 0. The van der Waals surface area contributed by atoms with Crippen LogP contribution in [0.1, 0.15) is 32.1 Å². The van der Waals surface area contributed by atoms with E-state index in [0.717, 1.165) is 36.3 Å². The quantitative estimate of drug-likeness (QED) is 0.655. The molecule has 0 aliphatic heterocycles. The van der Waals surface area contributed by atoms with Crippen LogP contribution in [0.5, 0.6) is 0 Å². The summed E-state index contributed by atoms with van der Waals surface area (Å²) in [5.41, 5.74) is 0. The molecule has 0 aromatic rings. The Morgan fingerprint density at radius 1 is 1.00 bits per heavy atom. The molecule has 4 rings (SSSR count). The molecule has 0 atom stereocenters. The zero-order valence-corrected chi connectivity index (χ0v) is 8.71. The molecule has 0 amide bonds. The molecular weight excluding hydrogens is 170 g/mol. The van der Waals surface area contributed by atoms with E-state index >= 15 is 0 Å². The maximum atomic E-state index is 5.32. The van der Waals surface area contributed by atoms with E-state index in [4.69, 9.17) is 6.42 Å². The predicted octanol–water partition coefficient (Wildman–Crippen LogP) is 2.03. The van der Waals surface area contributed by atoms with Crippen LogP contribution in [0.15, 0.2) is 0 Å². The summed E-state index contributed by atoms with van der Waals surface area (Å²) in [6, 6.07) is 0.763. The SMILES string of the molecule is C#CCNC1C2CC3CC(C2)CC1C3. The minimum absolute atomic E-state index is 0.763. The van der Waals surface area contributed by atoms with E-state index in [0.29, 0.717) is 0 Å². The van der Waals surface area contributed by atoms with Gasteiger partial charge in [0.05, 0.1) is 6.54 Å². The van der Waals surface area contributed by atoms with Gasteiger partial charge in [0, 0.05) is 6.04 Å². The second-order valence-corrected chi connectivity index (χ2v) is 5.54. The summed E-state index contributed by atoms with van der Waals surface area (Å²) in [5, 5.41) is 3.58. The van der Waals surface area contributed by atoms with Crippen molar-refractivity contribution >= 4 is 0 Å². The first-order valence-electron chi connectivity index (χ1n) is 6.03. The first-order chi connectivity index (χ1) is 6.86. The fraction of sp³-hybridized carbons (Fsp3) is 0.846. The maximum absolute atomic E-state index is 5.32. The average molecular weight is 189 g/mol. The summed E-state index contributed by atoms with van der Waals surface area (Å²) in [5.74, 6) is 6.77. The van der Waals surface area contributed by atoms with Crippen molar-refractivity contribution in [2.45, 2.75) is 38.1 Å². The zero-order chi connectivity index (χ0) is 9.54. The molecule has 4 aliphatic carbocycles. The Kier molecular flexibility index (Phi) is 2.06. The van der Waals surface area contributed by atoms with E-state index in [-0.39, 0.29) is 0 Å². The highest BCUT2D eigenvalue weighted by molar-refractivity contribution is 5.02. The summed E-state index contributed by atoms with van der Waals surface area (Å²) in [6.45, 7) is 0.771. The van der Waals surface area contributed by atoms with Crippen LogP contribution < -0.4 is 5.32 Å². The molecule has 4 saturated carbocycles. The molecule has 0 heterocycles. The van der Waals surface area contributed by atoms with E-state index in [2.05, 4.69) is 11.2 Å². The molecule has 4 bridgehead atoms. The highest BCUT2D eigenvalue weighted by atomic mass is 14.9. The smallest absolute Gasteiger partial charge is 0.0576 e. The van der Waals surface area contributed by atoms with Gasteiger partial charge in [-0.15, -0.1) is 6.42 Å². The molecule has 0 aromatic carbocycles. The highest BCUT2D eigenvalue weighted by Crippen LogP contribution is 2.53. The summed E-state index contributed by atoms with van der Waals surface area (Å²) >= 11 is 0. The maximum Gasteiger partial charge on any atom is 0.0576 e. The lowest BCUT2D eigenvalue weighted by Gasteiger charge is -2.54. The molecule has 14 heavy (non-hydrogen) atoms. The van der Waals surface area contributed by atoms with Crippen LogP contribution in [-0.4, -0.2) is 12.6 Å². The van der Waals surface area contributed by atoms with Crippen LogP contribution in [0, 0.1) is 36.0 Å². The van der Waals surface area contributed by atoms with Gasteiger partial charge < -0.3 is 5.32 Å². The normalized spacial score (nSPS) is 49.2. The lowest BCUT2D eigenvalue weighted by atomic mass is 9.54. The van der Waals surface area contributed by atoms with Crippen molar-refractivity contribution in [3.05, 3.63) is 0 Å². The largest absolute Gasteiger partial charge is 0.303 e. The van der Waals surface area contributed by atoms with E-state index in [1.54, 1.807) is 0 Å². The van der Waals surface area contributed by atoms with Crippen molar-refractivity contribution in [2.24, 2.45) is 23.7 Å². The molecule has 4 fully saturated rings. The Morgan fingerprint density at radius 3 is 2.07 bits per heavy atom. The first kappa shape index (κ1) is 8.80. The van der Waals surface area contributed by atoms with Gasteiger partial charge in [0.1, 0.15) is 0 Å². The second kappa shape index (κ2) is 3.28. The minimum Gasteiger partial charge on any atom is -0.303 e. The predicted molar refractivity (Wildman–Crippen MR) is 57.7 cm³/mol. The summed E-state index contributed by atoms with van der Waals surface area (Å²) in [6.07, 6.45) is 12.8. The van der Waals surface area contributed by atoms with Crippen LogP contribution >= 0.6 is 0 Å². The van der Waals surface area contributed by atoms with E-state index in [1.165, 1.54) is 32.1 Å². The number of hydrogen-bond acceptors (Lipinski definition) is 1. The van der Waals surface area contributed by atoms with Gasteiger partial charge in [-0.2, -0.15) is 0 Å². The molecule has 76 valence electrons. The fourth-order valence-corrected chi connectivity index (χ4v) is 4.44. The molecule has 0 unspecified atom stereocenters. The average Bonchev–Trinajstić information content (AvgIpc) is 2.15. The Morgan fingerprint density at radius 2 is 1.57 bits per heavy atom. The standard InChI is InChI=1S/C13H19N/c1-2-3-14-13-11-5-9-4-10(7-11)8-12(13)6-9/h1,9-14H,3-8H2. The Bertz CT molecular complexity index is 235. The van der Waals surface area contributed by atoms with Gasteiger partial charge in [-0.05, 0) is 55.8 Å². The molecule has 0 radical (unpaired) electrons. The van der Waals surface area contributed by atoms with Crippen molar-refractivity contribution in [1.29, 1.82) is 0 Å². The molecule has 0 aromatic heterocycles. The number of rotatable bonds is 2. The zero-order valence-electron chi connectivity index (χ0n) is 8.71. The van der Waals surface area contributed by atoms with Gasteiger partial charge in [-0.1, -0.05) is 5.92 Å². The molecule has 1 heteroatoms. The fourth-order valence-electron chi connectivity index (χ4n) is 4.44. The Balaban J connectivity index is 1.72. The summed E-state index contributed by atoms with van der Waals surface area (Å²) in [4.78, 5) is 0. The molecule has 0 spiro atoms. The van der Waals surface area contributed by atoms with Gasteiger partial charge in [-0.25, -0.2) is 0 Å². The molecule has 0 saturated heterocycles. The van der Waals surface area contributed by atoms with E-state index in [1.807, 2.05) is 0 Å². The van der Waals surface area contributed by atoms with Crippen LogP contribution in [0.4, 0.5) is 0 Å². The third kappa shape index (κ3) is 1.28. The van der Waals surface area contributed by atoms with Gasteiger partial charge >= 0.3 is 0 Å². The van der Waals surface area contributed by atoms with Gasteiger partial charge in [0.15, 0.2) is 0 Å². The van der Waals surface area contributed by atoms with Crippen molar-refractivity contribution < 1.29 is 0 Å². The number of terminal acetylenes is 1. The number of nitrogens with one attached hydrogen (secondary N) is 1. The second-order valence-electron chi connectivity index (χ2n) is 5.54. The minimum atomic E-state index is 0.763. The topological polar surface area (TPSA) is 12.0 Å². The summed E-state index contributed by atoms with van der Waals surface area (Å²) < 4.78 is 0. The Hall–Kier alpha value is -0.480. The first-order valence-corrected chi connectivity index (χ1v) is 6.03. The van der Waals surface area contributed by atoms with Crippen LogP contribution in [0.25, 0.3) is 0 Å². The van der Waals surface area contributed by atoms with Gasteiger partial charge in [-0.3, -0.25) is 0 Å². The van der Waals surface area contributed by atoms with Crippen molar-refractivity contribution in [2.75, 3.05) is 6.54 Å². The van der Waals surface area contributed by atoms with Crippen molar-refractivity contribution in [3.8, 4) is 12.3 Å². The van der Waals surface area contributed by atoms with Crippen molar-refractivity contribution in [1.82, 2.24) is 5.32 Å². The Labute approximate surface area is 86.7 Å². The third-order valence-corrected chi connectivity index (χ3v) is 4.67. The number of hydrogen-bond donors (Lipinski definition) is 1. The van der Waals surface area contributed by atoms with Gasteiger partial charge in [0.2, 0.25) is 0 Å². The van der Waals surface area contributed by atoms with E-state index in [9.17, 15) is 0 Å². The highest BCUT2D eigenvalue weighted by Gasteiger charge is 2.47. The van der Waals surface area contributed by atoms with Gasteiger partial charge in [0.25, 0.3) is 0 Å². The molecule has 4 aliphatic rings. The van der Waals surface area contributed by atoms with Crippen LogP contribution in [0.3, 0.4) is 0 Å². The molecular formula is C13H19N. The van der Waals surface area contributed by atoms with Crippen molar-refractivity contribution in [3.63, 3.8) is 0 Å². The third-order valence-electron chi connectivity index (χ3n) is 4.67. The lowest BCUT2D eigenvalue weighted by molar-refractivity contribution is -0.0121. The van der Waals surface area contributed by atoms with Crippen LogP contribution in [0.2, 0.25) is 0 Å².